The second kappa shape index (κ2) is 10.5. The summed E-state index contributed by atoms with van der Waals surface area (Å²) in [7, 11) is 0. The minimum Gasteiger partial charge on any atom is -0.462 e. The van der Waals surface area contributed by atoms with Crippen molar-refractivity contribution in [1.82, 2.24) is 0 Å². The van der Waals surface area contributed by atoms with Crippen molar-refractivity contribution in [2.75, 3.05) is 0 Å². The van der Waals surface area contributed by atoms with Crippen molar-refractivity contribution < 1.29 is 19.7 Å². The van der Waals surface area contributed by atoms with Crippen molar-refractivity contribution in [2.45, 2.75) is 117 Å². The third kappa shape index (κ3) is 6.39. The van der Waals surface area contributed by atoms with Crippen LogP contribution in [0.2, 0.25) is 0 Å². The molecule has 3 saturated carbocycles. The average Bonchev–Trinajstić information content (AvgIpc) is 3.05. The molecule has 0 aromatic carbocycles. The molecule has 0 saturated heterocycles. The van der Waals surface area contributed by atoms with Gasteiger partial charge in [-0.2, -0.15) is 0 Å². The maximum atomic E-state index is 11.4. The molecule has 0 amide bonds. The molecule has 3 rings (SSSR count). The molecule has 3 fully saturated rings. The largest absolute Gasteiger partial charge is 0.462 e. The topological polar surface area (TPSA) is 66.8 Å². The van der Waals surface area contributed by atoms with E-state index in [0.29, 0.717) is 30.1 Å². The predicted molar refractivity (Wildman–Crippen MR) is 134 cm³/mol. The second-order valence-electron chi connectivity index (χ2n) is 11.9. The summed E-state index contributed by atoms with van der Waals surface area (Å²) in [4.78, 5) is 11.4. The Kier molecular flexibility index (Phi) is 8.32. The van der Waals surface area contributed by atoms with E-state index in [1.54, 1.807) is 5.57 Å². The van der Waals surface area contributed by atoms with Crippen molar-refractivity contribution in [3.05, 3.63) is 35.5 Å². The van der Waals surface area contributed by atoms with Crippen molar-refractivity contribution in [1.29, 1.82) is 0 Å². The van der Waals surface area contributed by atoms with Gasteiger partial charge in [0.15, 0.2) is 0 Å². The Morgan fingerprint density at radius 2 is 2.06 bits per heavy atom. The van der Waals surface area contributed by atoms with Crippen molar-refractivity contribution in [2.24, 2.45) is 23.2 Å². The van der Waals surface area contributed by atoms with Gasteiger partial charge in [0.2, 0.25) is 0 Å². The SMILES string of the molecule is C=C1/C(=C/C=C2\CCC[C@]3(C)[C@@H]([C@H](C)CCCC(C)(C)O)CC[C@@H]23)C[C@H](OC(C)=O)C[C@@H]1O. The van der Waals surface area contributed by atoms with E-state index in [4.69, 9.17) is 4.74 Å². The molecule has 0 bridgehead atoms. The summed E-state index contributed by atoms with van der Waals surface area (Å²) in [6.45, 7) is 14.3. The smallest absolute Gasteiger partial charge is 0.302 e. The molecule has 0 heterocycles. The first-order valence-electron chi connectivity index (χ1n) is 13.1. The number of fused-ring (bicyclic) bond motifs is 1. The molecule has 3 aliphatic carbocycles. The van der Waals surface area contributed by atoms with E-state index in [0.717, 1.165) is 36.3 Å². The van der Waals surface area contributed by atoms with E-state index in [9.17, 15) is 15.0 Å². The summed E-state index contributed by atoms with van der Waals surface area (Å²) < 4.78 is 5.39. The van der Waals surface area contributed by atoms with Gasteiger partial charge in [-0.15, -0.1) is 0 Å². The Morgan fingerprint density at radius 1 is 1.33 bits per heavy atom. The van der Waals surface area contributed by atoms with Crippen LogP contribution in [0.4, 0.5) is 0 Å². The molecule has 6 atom stereocenters. The van der Waals surface area contributed by atoms with Gasteiger partial charge < -0.3 is 14.9 Å². The molecule has 186 valence electrons. The molecule has 4 heteroatoms. The summed E-state index contributed by atoms with van der Waals surface area (Å²) in [5, 5.41) is 20.5. The van der Waals surface area contributed by atoms with Gasteiger partial charge >= 0.3 is 5.97 Å². The number of hydrogen-bond acceptors (Lipinski definition) is 4. The Balaban J connectivity index is 1.71. The molecular formula is C29H46O4. The van der Waals surface area contributed by atoms with Crippen LogP contribution in [0.1, 0.15) is 98.8 Å². The van der Waals surface area contributed by atoms with Gasteiger partial charge in [-0.3, -0.25) is 4.79 Å². The lowest BCUT2D eigenvalue weighted by Gasteiger charge is -2.44. The van der Waals surface area contributed by atoms with Crippen molar-refractivity contribution in [3.8, 4) is 0 Å². The number of esters is 1. The van der Waals surface area contributed by atoms with Crippen molar-refractivity contribution in [3.63, 3.8) is 0 Å². The van der Waals surface area contributed by atoms with Crippen LogP contribution in [0.15, 0.2) is 35.5 Å². The van der Waals surface area contributed by atoms with Gasteiger partial charge in [0.25, 0.3) is 0 Å². The van der Waals surface area contributed by atoms with E-state index >= 15 is 0 Å². The lowest BCUT2D eigenvalue weighted by molar-refractivity contribution is -0.147. The van der Waals surface area contributed by atoms with E-state index in [2.05, 4.69) is 32.6 Å². The third-order valence-electron chi connectivity index (χ3n) is 8.75. The fraction of sp³-hybridized carbons (Fsp3) is 0.759. The maximum absolute atomic E-state index is 11.4. The zero-order valence-electron chi connectivity index (χ0n) is 21.5. The zero-order valence-corrected chi connectivity index (χ0v) is 21.5. The molecule has 0 aliphatic heterocycles. The third-order valence-corrected chi connectivity index (χ3v) is 8.75. The van der Waals surface area contributed by atoms with Crippen LogP contribution in [-0.4, -0.2) is 34.0 Å². The number of carbonyl (C=O) groups is 1. The van der Waals surface area contributed by atoms with E-state index < -0.39 is 11.7 Å². The average molecular weight is 459 g/mol. The Morgan fingerprint density at radius 3 is 2.73 bits per heavy atom. The molecule has 0 aromatic heterocycles. The first-order chi connectivity index (χ1) is 15.4. The highest BCUT2D eigenvalue weighted by Crippen LogP contribution is 2.60. The molecule has 4 nitrogen and oxygen atoms in total. The van der Waals surface area contributed by atoms with Gasteiger partial charge in [-0.25, -0.2) is 0 Å². The molecule has 33 heavy (non-hydrogen) atoms. The summed E-state index contributed by atoms with van der Waals surface area (Å²) in [5.74, 6) is 1.74. The standard InChI is InChI=1S/C29H46O4/c1-19(9-7-15-28(4,5)32)25-13-14-26-22(10-8-16-29(25,26)6)11-12-23-17-24(33-21(3)30)18-27(31)20(23)2/h11-12,19,24-27,31-32H,2,7-10,13-18H2,1,3-6H3/b22-11+,23-12+/t19-,24+,25-,26+,27+,29-/m1/s1. The molecule has 0 unspecified atom stereocenters. The quantitative estimate of drug-likeness (QED) is 0.441. The molecule has 3 aliphatic rings. The highest BCUT2D eigenvalue weighted by atomic mass is 16.5. The van der Waals surface area contributed by atoms with Crippen LogP contribution in [0.3, 0.4) is 0 Å². The van der Waals surface area contributed by atoms with Gasteiger partial charge in [0.1, 0.15) is 6.10 Å². The van der Waals surface area contributed by atoms with E-state index in [1.807, 2.05) is 13.8 Å². The number of ether oxygens (including phenoxy) is 1. The number of aliphatic hydroxyl groups is 2. The fourth-order valence-corrected chi connectivity index (χ4v) is 7.04. The van der Waals surface area contributed by atoms with Crippen LogP contribution >= 0.6 is 0 Å². The number of hydrogen-bond donors (Lipinski definition) is 2. The fourth-order valence-electron chi connectivity index (χ4n) is 7.04. The van der Waals surface area contributed by atoms with Gasteiger partial charge in [0, 0.05) is 19.8 Å². The van der Waals surface area contributed by atoms with E-state index in [-0.39, 0.29) is 12.1 Å². The number of rotatable bonds is 7. The Labute approximate surface area is 201 Å². The van der Waals surface area contributed by atoms with Gasteiger partial charge in [-0.1, -0.05) is 51.0 Å². The first-order valence-corrected chi connectivity index (χ1v) is 13.1. The van der Waals surface area contributed by atoms with Crippen LogP contribution in [0, 0.1) is 23.2 Å². The summed E-state index contributed by atoms with van der Waals surface area (Å²) in [5.41, 5.74) is 3.09. The lowest BCUT2D eigenvalue weighted by atomic mass is 9.60. The Hall–Kier alpha value is -1.39. The lowest BCUT2D eigenvalue weighted by Crippen LogP contribution is -2.36. The van der Waals surface area contributed by atoms with Gasteiger partial charge in [-0.05, 0) is 86.7 Å². The minimum absolute atomic E-state index is 0.273. The van der Waals surface area contributed by atoms with Crippen LogP contribution < -0.4 is 0 Å². The van der Waals surface area contributed by atoms with Gasteiger partial charge in [0.05, 0.1) is 11.7 Å². The summed E-state index contributed by atoms with van der Waals surface area (Å²) >= 11 is 0. The minimum atomic E-state index is -0.648. The molecular weight excluding hydrogens is 412 g/mol. The highest BCUT2D eigenvalue weighted by molar-refractivity contribution is 5.66. The molecule has 2 N–H and O–H groups in total. The Bertz CT molecular complexity index is 786. The summed E-state index contributed by atoms with van der Waals surface area (Å²) in [6, 6.07) is 0. The maximum Gasteiger partial charge on any atom is 0.302 e. The molecule has 0 radical (unpaired) electrons. The van der Waals surface area contributed by atoms with E-state index in [1.165, 1.54) is 39.0 Å². The highest BCUT2D eigenvalue weighted by Gasteiger charge is 2.50. The monoisotopic (exact) mass is 458 g/mol. The normalized spacial score (nSPS) is 36.2. The zero-order chi connectivity index (χ0) is 24.4. The van der Waals surface area contributed by atoms with Crippen LogP contribution in [0.25, 0.3) is 0 Å². The number of carbonyl (C=O) groups excluding carboxylic acids is 1. The predicted octanol–water partition coefficient (Wildman–Crippen LogP) is 6.28. The second-order valence-corrected chi connectivity index (χ2v) is 11.9. The van der Waals surface area contributed by atoms with Crippen LogP contribution in [0.5, 0.6) is 0 Å². The van der Waals surface area contributed by atoms with Crippen molar-refractivity contribution >= 4 is 5.97 Å². The summed E-state index contributed by atoms with van der Waals surface area (Å²) in [6.07, 6.45) is 13.9. The molecule has 0 aromatic rings. The molecule has 0 spiro atoms. The first kappa shape index (κ1) is 26.2. The number of aliphatic hydroxyl groups excluding tert-OH is 1. The van der Waals surface area contributed by atoms with Crippen LogP contribution in [-0.2, 0) is 9.53 Å². The number of allylic oxidation sites excluding steroid dienone is 3.